The van der Waals surface area contributed by atoms with Crippen LogP contribution in [0.4, 0.5) is 5.69 Å². The average molecular weight is 374 g/mol. The molecule has 1 heterocycles. The molecule has 2 aromatic carbocycles. The first-order chi connectivity index (χ1) is 12.4. The molecule has 0 fully saturated rings. The van der Waals surface area contributed by atoms with Crippen LogP contribution in [0, 0.1) is 0 Å². The van der Waals surface area contributed by atoms with Gasteiger partial charge >= 0.3 is 5.97 Å². The molecular formula is C19H16ClNO5. The fourth-order valence-electron chi connectivity index (χ4n) is 2.56. The van der Waals surface area contributed by atoms with Crippen LogP contribution in [0.3, 0.4) is 0 Å². The van der Waals surface area contributed by atoms with Gasteiger partial charge in [-0.15, -0.1) is 0 Å². The Kier molecular flexibility index (Phi) is 5.23. The zero-order chi connectivity index (χ0) is 18.7. The molecule has 7 heteroatoms. The second-order valence-electron chi connectivity index (χ2n) is 5.84. The summed E-state index contributed by atoms with van der Waals surface area (Å²) < 4.78 is 10.2. The molecule has 6 nitrogen and oxygen atoms in total. The van der Waals surface area contributed by atoms with Crippen molar-refractivity contribution in [3.05, 3.63) is 58.6 Å². The molecule has 26 heavy (non-hydrogen) atoms. The smallest absolute Gasteiger partial charge is 0.344 e. The van der Waals surface area contributed by atoms with Gasteiger partial charge in [-0.1, -0.05) is 17.7 Å². The Morgan fingerprint density at radius 3 is 2.73 bits per heavy atom. The molecule has 0 saturated carbocycles. The number of hydrogen-bond donors (Lipinski definition) is 1. The lowest BCUT2D eigenvalue weighted by molar-refractivity contribution is -0.144. The normalized spacial score (nSPS) is 15.2. The first kappa shape index (κ1) is 17.9. The number of ketones is 1. The molecule has 0 aliphatic carbocycles. The lowest BCUT2D eigenvalue weighted by Crippen LogP contribution is -2.19. The van der Waals surface area contributed by atoms with E-state index in [0.29, 0.717) is 22.0 Å². The van der Waals surface area contributed by atoms with Crippen LogP contribution in [-0.2, 0) is 14.3 Å². The lowest BCUT2D eigenvalue weighted by Gasteiger charge is -2.08. The Bertz CT molecular complexity index is 880. The zero-order valence-electron chi connectivity index (χ0n) is 14.0. The van der Waals surface area contributed by atoms with E-state index in [1.54, 1.807) is 49.4 Å². The van der Waals surface area contributed by atoms with Crippen molar-refractivity contribution in [2.45, 2.75) is 12.8 Å². The standard InChI is InChI=1S/C19H16ClNO5/c1-11-15-7-12(5-6-16(15)21-19(11)24)17(22)9-26-18(23)10-25-14-4-2-3-13(20)8-14/h2-8,11H,9-10H2,1H3,(H,21,24)/t11-/m0/s1. The number of halogens is 1. The van der Waals surface area contributed by atoms with E-state index in [1.807, 2.05) is 0 Å². The van der Waals surface area contributed by atoms with Crippen LogP contribution < -0.4 is 10.1 Å². The highest BCUT2D eigenvalue weighted by molar-refractivity contribution is 6.30. The van der Waals surface area contributed by atoms with Gasteiger partial charge in [0.1, 0.15) is 5.75 Å². The van der Waals surface area contributed by atoms with Gasteiger partial charge in [-0.25, -0.2) is 4.79 Å². The second-order valence-corrected chi connectivity index (χ2v) is 6.28. The van der Waals surface area contributed by atoms with Crippen LogP contribution >= 0.6 is 11.6 Å². The molecule has 0 aromatic heterocycles. The molecule has 1 amide bonds. The SMILES string of the molecule is C[C@@H]1C(=O)Nc2ccc(C(=O)COC(=O)COc3cccc(Cl)c3)cc21. The van der Waals surface area contributed by atoms with Crippen LogP contribution in [0.2, 0.25) is 5.02 Å². The first-order valence-corrected chi connectivity index (χ1v) is 8.34. The number of nitrogens with one attached hydrogen (secondary N) is 1. The second kappa shape index (κ2) is 7.58. The van der Waals surface area contributed by atoms with E-state index in [0.717, 1.165) is 5.56 Å². The van der Waals surface area contributed by atoms with Gasteiger partial charge in [-0.3, -0.25) is 9.59 Å². The van der Waals surface area contributed by atoms with Crippen molar-refractivity contribution in [2.24, 2.45) is 0 Å². The topological polar surface area (TPSA) is 81.7 Å². The Morgan fingerprint density at radius 2 is 1.96 bits per heavy atom. The summed E-state index contributed by atoms with van der Waals surface area (Å²) in [6, 6.07) is 11.5. The van der Waals surface area contributed by atoms with E-state index < -0.39 is 12.6 Å². The molecular weight excluding hydrogens is 358 g/mol. The van der Waals surface area contributed by atoms with Gasteiger partial charge in [0.2, 0.25) is 5.91 Å². The Hall–Kier alpha value is -2.86. The molecule has 1 N–H and O–H groups in total. The molecule has 2 aromatic rings. The van der Waals surface area contributed by atoms with Crippen LogP contribution in [-0.4, -0.2) is 30.9 Å². The molecule has 3 rings (SSSR count). The Balaban J connectivity index is 1.53. The van der Waals surface area contributed by atoms with E-state index in [-0.39, 0.29) is 24.2 Å². The van der Waals surface area contributed by atoms with Crippen LogP contribution in [0.5, 0.6) is 5.75 Å². The molecule has 0 spiro atoms. The molecule has 0 radical (unpaired) electrons. The molecule has 134 valence electrons. The number of rotatable bonds is 6. The third-order valence-corrected chi connectivity index (χ3v) is 4.24. The van der Waals surface area contributed by atoms with Gasteiger partial charge in [0, 0.05) is 16.3 Å². The summed E-state index contributed by atoms with van der Waals surface area (Å²) in [4.78, 5) is 35.6. The monoisotopic (exact) mass is 373 g/mol. The van der Waals surface area contributed by atoms with Crippen LogP contribution in [0.15, 0.2) is 42.5 Å². The molecule has 1 atom stereocenters. The molecule has 1 aliphatic rings. The number of carbonyl (C=O) groups is 3. The number of anilines is 1. The highest BCUT2D eigenvalue weighted by Gasteiger charge is 2.27. The Labute approximate surface area is 155 Å². The summed E-state index contributed by atoms with van der Waals surface area (Å²) in [7, 11) is 0. The number of ether oxygens (including phenoxy) is 2. The third kappa shape index (κ3) is 4.03. The van der Waals surface area contributed by atoms with Crippen molar-refractivity contribution in [3.8, 4) is 5.75 Å². The fraction of sp³-hybridized carbons (Fsp3) is 0.211. The number of Topliss-reactive ketones (excluding diaryl/α,β-unsaturated/α-hetero) is 1. The largest absolute Gasteiger partial charge is 0.482 e. The number of fused-ring (bicyclic) bond motifs is 1. The van der Waals surface area contributed by atoms with Gasteiger partial charge in [0.15, 0.2) is 19.0 Å². The maximum Gasteiger partial charge on any atom is 0.344 e. The Morgan fingerprint density at radius 1 is 1.15 bits per heavy atom. The first-order valence-electron chi connectivity index (χ1n) is 7.96. The zero-order valence-corrected chi connectivity index (χ0v) is 14.7. The third-order valence-electron chi connectivity index (χ3n) is 4.01. The van der Waals surface area contributed by atoms with Gasteiger partial charge in [0.25, 0.3) is 0 Å². The summed E-state index contributed by atoms with van der Waals surface area (Å²) >= 11 is 5.82. The number of amides is 1. The van der Waals surface area contributed by atoms with E-state index in [1.165, 1.54) is 0 Å². The quantitative estimate of drug-likeness (QED) is 0.621. The molecule has 0 bridgehead atoms. The van der Waals surface area contributed by atoms with Gasteiger partial charge in [-0.2, -0.15) is 0 Å². The fourth-order valence-corrected chi connectivity index (χ4v) is 2.74. The minimum absolute atomic E-state index is 0.103. The van der Waals surface area contributed by atoms with Crippen molar-refractivity contribution in [2.75, 3.05) is 18.5 Å². The van der Waals surface area contributed by atoms with Crippen molar-refractivity contribution in [1.82, 2.24) is 0 Å². The number of carbonyl (C=O) groups excluding carboxylic acids is 3. The highest BCUT2D eigenvalue weighted by atomic mass is 35.5. The molecule has 1 aliphatic heterocycles. The summed E-state index contributed by atoms with van der Waals surface area (Å²) in [5.41, 5.74) is 1.85. The van der Waals surface area contributed by atoms with E-state index in [9.17, 15) is 14.4 Å². The van der Waals surface area contributed by atoms with Crippen molar-refractivity contribution < 1.29 is 23.9 Å². The van der Waals surface area contributed by atoms with Gasteiger partial charge < -0.3 is 14.8 Å². The van der Waals surface area contributed by atoms with Crippen LogP contribution in [0.25, 0.3) is 0 Å². The lowest BCUT2D eigenvalue weighted by atomic mass is 9.99. The molecule has 0 unspecified atom stereocenters. The summed E-state index contributed by atoms with van der Waals surface area (Å²) in [5.74, 6) is -0.994. The maximum atomic E-state index is 12.2. The average Bonchev–Trinajstić information content (AvgIpc) is 2.91. The summed E-state index contributed by atoms with van der Waals surface area (Å²) in [5, 5.41) is 3.23. The van der Waals surface area contributed by atoms with Crippen LogP contribution in [0.1, 0.15) is 28.8 Å². The number of esters is 1. The van der Waals surface area contributed by atoms with Gasteiger partial charge in [-0.05, 0) is 48.9 Å². The van der Waals surface area contributed by atoms with Gasteiger partial charge in [0.05, 0.1) is 5.92 Å². The molecule has 0 saturated heterocycles. The predicted octanol–water partition coefficient (Wildman–Crippen LogP) is 3.20. The van der Waals surface area contributed by atoms with Crippen molar-refractivity contribution in [1.29, 1.82) is 0 Å². The number of hydrogen-bond acceptors (Lipinski definition) is 5. The highest BCUT2D eigenvalue weighted by Crippen LogP contribution is 2.32. The summed E-state index contributed by atoms with van der Waals surface area (Å²) in [6.07, 6.45) is 0. The maximum absolute atomic E-state index is 12.2. The predicted molar refractivity (Wildman–Crippen MR) is 95.7 cm³/mol. The van der Waals surface area contributed by atoms with E-state index in [2.05, 4.69) is 5.32 Å². The summed E-state index contributed by atoms with van der Waals surface area (Å²) in [6.45, 7) is 1.04. The number of benzene rings is 2. The van der Waals surface area contributed by atoms with Crippen molar-refractivity contribution in [3.63, 3.8) is 0 Å². The minimum atomic E-state index is -0.662. The minimum Gasteiger partial charge on any atom is -0.482 e. The van der Waals surface area contributed by atoms with Crippen molar-refractivity contribution >= 4 is 34.9 Å². The van der Waals surface area contributed by atoms with E-state index in [4.69, 9.17) is 21.1 Å². The van der Waals surface area contributed by atoms with E-state index >= 15 is 0 Å².